The minimum Gasteiger partial charge on any atom is -0.441 e. The fourth-order valence-electron chi connectivity index (χ4n) is 1.73. The summed E-state index contributed by atoms with van der Waals surface area (Å²) in [5.74, 6) is 0.578. The molecule has 2 N–H and O–H groups in total. The number of benzene rings is 1. The van der Waals surface area contributed by atoms with Crippen molar-refractivity contribution < 1.29 is 14.3 Å². The predicted octanol–water partition coefficient (Wildman–Crippen LogP) is 1.52. The Morgan fingerprint density at radius 2 is 2.33 bits per heavy atom. The van der Waals surface area contributed by atoms with E-state index in [2.05, 4.69) is 10.3 Å². The first-order valence-corrected chi connectivity index (χ1v) is 5.92. The van der Waals surface area contributed by atoms with Gasteiger partial charge in [0.15, 0.2) is 11.5 Å². The van der Waals surface area contributed by atoms with Gasteiger partial charge in [0.05, 0.1) is 0 Å². The molecular formula is C13H16N2O3. The molecule has 0 radical (unpaired) electrons. The van der Waals surface area contributed by atoms with Crippen LogP contribution < -0.4 is 5.32 Å². The molecule has 0 saturated carbocycles. The molecule has 1 heterocycles. The Morgan fingerprint density at radius 1 is 1.50 bits per heavy atom. The van der Waals surface area contributed by atoms with Gasteiger partial charge in [-0.15, -0.1) is 0 Å². The molecule has 0 unspecified atom stereocenters. The molecule has 0 saturated heterocycles. The highest BCUT2D eigenvalue weighted by Crippen LogP contribution is 2.16. The number of hydrogen-bond acceptors (Lipinski definition) is 4. The summed E-state index contributed by atoms with van der Waals surface area (Å²) in [4.78, 5) is 15.6. The van der Waals surface area contributed by atoms with Gasteiger partial charge in [-0.1, -0.05) is 6.07 Å². The molecule has 96 valence electrons. The van der Waals surface area contributed by atoms with Crippen molar-refractivity contribution in [1.29, 1.82) is 0 Å². The topological polar surface area (TPSA) is 75.4 Å². The second-order valence-electron chi connectivity index (χ2n) is 4.14. The lowest BCUT2D eigenvalue weighted by Gasteiger charge is -2.04. The molecule has 0 spiro atoms. The van der Waals surface area contributed by atoms with E-state index in [1.165, 1.54) is 0 Å². The molecule has 1 amide bonds. The number of rotatable bonds is 5. The van der Waals surface area contributed by atoms with Crippen LogP contribution in [0.2, 0.25) is 0 Å². The molecule has 0 fully saturated rings. The van der Waals surface area contributed by atoms with Gasteiger partial charge < -0.3 is 14.8 Å². The highest BCUT2D eigenvalue weighted by Gasteiger charge is 2.04. The maximum atomic E-state index is 11.4. The van der Waals surface area contributed by atoms with Crippen LogP contribution >= 0.6 is 0 Å². The second kappa shape index (κ2) is 5.64. The summed E-state index contributed by atoms with van der Waals surface area (Å²) in [6, 6.07) is 5.65. The number of aliphatic hydroxyl groups excluding tert-OH is 1. The van der Waals surface area contributed by atoms with Crippen molar-refractivity contribution in [3.8, 4) is 0 Å². The number of nitrogens with zero attached hydrogens (tertiary/aromatic N) is 1. The summed E-state index contributed by atoms with van der Waals surface area (Å²) < 4.78 is 5.38. The first kappa shape index (κ1) is 12.6. The normalized spacial score (nSPS) is 10.8. The zero-order valence-corrected chi connectivity index (χ0v) is 10.3. The van der Waals surface area contributed by atoms with Crippen LogP contribution in [-0.4, -0.2) is 22.6 Å². The van der Waals surface area contributed by atoms with Gasteiger partial charge in [0.25, 0.3) is 0 Å². The average molecular weight is 248 g/mol. The van der Waals surface area contributed by atoms with Crippen LogP contribution in [0.3, 0.4) is 0 Å². The number of amides is 1. The molecular weight excluding hydrogens is 232 g/mol. The van der Waals surface area contributed by atoms with E-state index in [1.54, 1.807) is 6.92 Å². The lowest BCUT2D eigenvalue weighted by molar-refractivity contribution is -0.121. The van der Waals surface area contributed by atoms with Gasteiger partial charge in [0.2, 0.25) is 5.91 Å². The predicted molar refractivity (Wildman–Crippen MR) is 66.9 cm³/mol. The van der Waals surface area contributed by atoms with E-state index < -0.39 is 0 Å². The summed E-state index contributed by atoms with van der Waals surface area (Å²) in [5, 5.41) is 11.4. The van der Waals surface area contributed by atoms with Crippen molar-refractivity contribution in [2.45, 2.75) is 26.3 Å². The Kier molecular flexibility index (Phi) is 3.94. The lowest BCUT2D eigenvalue weighted by atomic mass is 10.2. The number of fused-ring (bicyclic) bond motifs is 1. The van der Waals surface area contributed by atoms with E-state index in [-0.39, 0.29) is 12.5 Å². The van der Waals surface area contributed by atoms with Crippen molar-refractivity contribution in [3.05, 3.63) is 29.7 Å². The molecule has 18 heavy (non-hydrogen) atoms. The second-order valence-corrected chi connectivity index (χ2v) is 4.14. The first-order chi connectivity index (χ1) is 8.69. The molecule has 0 aliphatic heterocycles. The quantitative estimate of drug-likeness (QED) is 0.841. The number of nitrogens with one attached hydrogen (secondary N) is 1. The van der Waals surface area contributed by atoms with Crippen molar-refractivity contribution in [2.75, 3.05) is 6.61 Å². The van der Waals surface area contributed by atoms with Gasteiger partial charge in [-0.2, -0.15) is 0 Å². The minimum atomic E-state index is -0.0551. The summed E-state index contributed by atoms with van der Waals surface area (Å²) in [5.41, 5.74) is 2.53. The Bertz CT molecular complexity index is 548. The Morgan fingerprint density at radius 3 is 3.11 bits per heavy atom. The number of carbonyl (C=O) groups excluding carboxylic acids is 1. The maximum Gasteiger partial charge on any atom is 0.220 e. The van der Waals surface area contributed by atoms with Crippen LogP contribution in [0, 0.1) is 6.92 Å². The Labute approximate surface area is 105 Å². The van der Waals surface area contributed by atoms with Gasteiger partial charge in [0, 0.05) is 26.5 Å². The van der Waals surface area contributed by atoms with Crippen LogP contribution in [0.4, 0.5) is 0 Å². The van der Waals surface area contributed by atoms with Gasteiger partial charge in [-0.25, -0.2) is 4.98 Å². The summed E-state index contributed by atoms with van der Waals surface area (Å²) in [6.07, 6.45) is 0.842. The molecule has 1 aromatic heterocycles. The van der Waals surface area contributed by atoms with Crippen molar-refractivity contribution >= 4 is 17.0 Å². The molecule has 0 aliphatic rings. The smallest absolute Gasteiger partial charge is 0.220 e. The minimum absolute atomic E-state index is 0.0393. The zero-order chi connectivity index (χ0) is 13.0. The third kappa shape index (κ3) is 3.07. The van der Waals surface area contributed by atoms with Crippen molar-refractivity contribution in [1.82, 2.24) is 10.3 Å². The van der Waals surface area contributed by atoms with Gasteiger partial charge in [0.1, 0.15) is 5.52 Å². The van der Waals surface area contributed by atoms with E-state index in [9.17, 15) is 4.79 Å². The van der Waals surface area contributed by atoms with Crippen LogP contribution in [0.25, 0.3) is 11.1 Å². The highest BCUT2D eigenvalue weighted by molar-refractivity contribution is 5.76. The average Bonchev–Trinajstić information content (AvgIpc) is 2.73. The highest BCUT2D eigenvalue weighted by atomic mass is 16.3. The lowest BCUT2D eigenvalue weighted by Crippen LogP contribution is -2.22. The molecule has 0 atom stereocenters. The van der Waals surface area contributed by atoms with Crippen LogP contribution in [0.15, 0.2) is 22.6 Å². The van der Waals surface area contributed by atoms with Gasteiger partial charge in [-0.3, -0.25) is 4.79 Å². The third-order valence-electron chi connectivity index (χ3n) is 2.61. The SMILES string of the molecule is Cc1nc2cc(CNC(=O)CCCO)ccc2o1. The molecule has 1 aromatic carbocycles. The molecule has 5 heteroatoms. The summed E-state index contributed by atoms with van der Waals surface area (Å²) >= 11 is 0. The molecule has 5 nitrogen and oxygen atoms in total. The fraction of sp³-hybridized carbons (Fsp3) is 0.385. The first-order valence-electron chi connectivity index (χ1n) is 5.92. The van der Waals surface area contributed by atoms with Crippen molar-refractivity contribution in [3.63, 3.8) is 0 Å². The number of oxazole rings is 1. The Balaban J connectivity index is 1.97. The van der Waals surface area contributed by atoms with E-state index in [0.717, 1.165) is 16.7 Å². The molecule has 2 rings (SSSR count). The fourth-order valence-corrected chi connectivity index (χ4v) is 1.73. The standard InChI is InChI=1S/C13H16N2O3/c1-9-15-11-7-10(4-5-12(11)18-9)8-14-13(17)3-2-6-16/h4-5,7,16H,2-3,6,8H2,1H3,(H,14,17). The summed E-state index contributed by atoms with van der Waals surface area (Å²) in [6.45, 7) is 2.31. The number of carbonyl (C=O) groups is 1. The maximum absolute atomic E-state index is 11.4. The van der Waals surface area contributed by atoms with Crippen LogP contribution in [0.1, 0.15) is 24.3 Å². The van der Waals surface area contributed by atoms with E-state index in [1.807, 2.05) is 18.2 Å². The molecule has 2 aromatic rings. The summed E-state index contributed by atoms with van der Waals surface area (Å²) in [7, 11) is 0. The molecule has 0 bridgehead atoms. The van der Waals surface area contributed by atoms with Crippen molar-refractivity contribution in [2.24, 2.45) is 0 Å². The number of aliphatic hydroxyl groups is 1. The van der Waals surface area contributed by atoms with Crippen LogP contribution in [-0.2, 0) is 11.3 Å². The van der Waals surface area contributed by atoms with E-state index in [0.29, 0.717) is 25.3 Å². The molecule has 0 aliphatic carbocycles. The van der Waals surface area contributed by atoms with Crippen LogP contribution in [0.5, 0.6) is 0 Å². The zero-order valence-electron chi connectivity index (χ0n) is 10.3. The largest absolute Gasteiger partial charge is 0.441 e. The monoisotopic (exact) mass is 248 g/mol. The number of aryl methyl sites for hydroxylation is 1. The Hall–Kier alpha value is -1.88. The van der Waals surface area contributed by atoms with E-state index >= 15 is 0 Å². The number of aromatic nitrogens is 1. The third-order valence-corrected chi connectivity index (χ3v) is 2.61. The van der Waals surface area contributed by atoms with E-state index in [4.69, 9.17) is 9.52 Å². The number of hydrogen-bond donors (Lipinski definition) is 2. The van der Waals surface area contributed by atoms with Gasteiger partial charge in [-0.05, 0) is 24.1 Å². The van der Waals surface area contributed by atoms with Gasteiger partial charge >= 0.3 is 0 Å².